The molecule has 0 bridgehead atoms. The van der Waals surface area contributed by atoms with Crippen LogP contribution < -0.4 is 0 Å². The smallest absolute Gasteiger partial charge is 0.0798 e. The molecule has 2 nitrogen and oxygen atoms in total. The van der Waals surface area contributed by atoms with Gasteiger partial charge in [-0.2, -0.15) is 0 Å². The molecule has 0 atom stereocenters. The predicted octanol–water partition coefficient (Wildman–Crippen LogP) is 1.54. The van der Waals surface area contributed by atoms with Gasteiger partial charge in [0.15, 0.2) is 0 Å². The van der Waals surface area contributed by atoms with Gasteiger partial charge >= 0.3 is 0 Å². The van der Waals surface area contributed by atoms with E-state index >= 15 is 0 Å². The van der Waals surface area contributed by atoms with Gasteiger partial charge in [-0.05, 0) is 12.5 Å². The summed E-state index contributed by atoms with van der Waals surface area (Å²) >= 11 is 1.57. The molecule has 1 aromatic rings. The van der Waals surface area contributed by atoms with Crippen molar-refractivity contribution in [2.45, 2.75) is 6.42 Å². The van der Waals surface area contributed by atoms with Crippen molar-refractivity contribution >= 4 is 17.4 Å². The SMILES string of the molecule is OCCC=Cc1cscn1. The van der Waals surface area contributed by atoms with Crippen molar-refractivity contribution in [1.29, 1.82) is 0 Å². The quantitative estimate of drug-likeness (QED) is 0.718. The van der Waals surface area contributed by atoms with E-state index in [1.54, 1.807) is 16.8 Å². The van der Waals surface area contributed by atoms with E-state index in [1.165, 1.54) is 0 Å². The lowest BCUT2D eigenvalue weighted by Gasteiger charge is -1.82. The first-order chi connectivity index (χ1) is 4.93. The number of aromatic nitrogens is 1. The maximum absolute atomic E-state index is 8.43. The van der Waals surface area contributed by atoms with E-state index < -0.39 is 0 Å². The molecule has 3 heteroatoms. The molecule has 1 N–H and O–H groups in total. The highest BCUT2D eigenvalue weighted by Crippen LogP contribution is 2.02. The lowest BCUT2D eigenvalue weighted by molar-refractivity contribution is 0.303. The zero-order valence-electron chi connectivity index (χ0n) is 5.53. The Labute approximate surface area is 63.9 Å². The topological polar surface area (TPSA) is 33.1 Å². The summed E-state index contributed by atoms with van der Waals surface area (Å²) in [5.74, 6) is 0. The number of rotatable bonds is 3. The van der Waals surface area contributed by atoms with Crippen LogP contribution in [0.5, 0.6) is 0 Å². The van der Waals surface area contributed by atoms with E-state index in [0.29, 0.717) is 6.42 Å². The number of nitrogens with zero attached hydrogens (tertiary/aromatic N) is 1. The van der Waals surface area contributed by atoms with E-state index in [2.05, 4.69) is 4.98 Å². The van der Waals surface area contributed by atoms with Gasteiger partial charge in [0.2, 0.25) is 0 Å². The Kier molecular flexibility index (Phi) is 3.12. The molecule has 0 saturated heterocycles. The molecule has 0 saturated carbocycles. The molecule has 0 aliphatic heterocycles. The molecule has 1 rings (SSSR count). The highest BCUT2D eigenvalue weighted by Gasteiger charge is 1.84. The van der Waals surface area contributed by atoms with Gasteiger partial charge in [-0.15, -0.1) is 11.3 Å². The largest absolute Gasteiger partial charge is 0.396 e. The van der Waals surface area contributed by atoms with E-state index in [1.807, 2.05) is 17.5 Å². The minimum absolute atomic E-state index is 0.209. The Morgan fingerprint density at radius 2 is 2.60 bits per heavy atom. The Morgan fingerprint density at radius 1 is 1.70 bits per heavy atom. The third-order valence-corrected chi connectivity index (χ3v) is 1.64. The van der Waals surface area contributed by atoms with Crippen molar-refractivity contribution in [3.05, 3.63) is 22.7 Å². The van der Waals surface area contributed by atoms with Crippen LogP contribution in [0.4, 0.5) is 0 Å². The number of aliphatic hydroxyl groups excluding tert-OH is 1. The van der Waals surface area contributed by atoms with Gasteiger partial charge < -0.3 is 5.11 Å². The Morgan fingerprint density at radius 3 is 3.20 bits per heavy atom. The van der Waals surface area contributed by atoms with Gasteiger partial charge in [0.05, 0.1) is 11.2 Å². The van der Waals surface area contributed by atoms with Crippen molar-refractivity contribution in [2.75, 3.05) is 6.61 Å². The first-order valence-electron chi connectivity index (χ1n) is 3.09. The Bertz CT molecular complexity index is 193. The average Bonchev–Trinajstić information content (AvgIpc) is 2.41. The zero-order chi connectivity index (χ0) is 7.23. The van der Waals surface area contributed by atoms with Gasteiger partial charge in [0.1, 0.15) is 0 Å². The van der Waals surface area contributed by atoms with Crippen LogP contribution in [-0.4, -0.2) is 16.7 Å². The maximum atomic E-state index is 8.43. The summed E-state index contributed by atoms with van der Waals surface area (Å²) < 4.78 is 0. The first kappa shape index (κ1) is 7.44. The molecule has 1 aromatic heterocycles. The molecule has 0 radical (unpaired) electrons. The minimum atomic E-state index is 0.209. The van der Waals surface area contributed by atoms with E-state index in [-0.39, 0.29) is 6.61 Å². The molecule has 0 amide bonds. The lowest BCUT2D eigenvalue weighted by Crippen LogP contribution is -1.75. The number of hydrogen-bond donors (Lipinski definition) is 1. The van der Waals surface area contributed by atoms with Crippen LogP contribution in [-0.2, 0) is 0 Å². The number of thiazole rings is 1. The zero-order valence-corrected chi connectivity index (χ0v) is 6.34. The minimum Gasteiger partial charge on any atom is -0.396 e. The summed E-state index contributed by atoms with van der Waals surface area (Å²) in [5, 5.41) is 10.4. The summed E-state index contributed by atoms with van der Waals surface area (Å²) in [6.07, 6.45) is 4.53. The van der Waals surface area contributed by atoms with Crippen LogP contribution in [0.2, 0.25) is 0 Å². The van der Waals surface area contributed by atoms with Crippen LogP contribution in [0.1, 0.15) is 12.1 Å². The van der Waals surface area contributed by atoms with Gasteiger partial charge in [-0.25, -0.2) is 4.98 Å². The summed E-state index contributed by atoms with van der Waals surface area (Å²) in [6.45, 7) is 0.209. The van der Waals surface area contributed by atoms with E-state index in [4.69, 9.17) is 5.11 Å². The molecule has 0 fully saturated rings. The van der Waals surface area contributed by atoms with Crippen LogP contribution in [0.15, 0.2) is 17.0 Å². The van der Waals surface area contributed by atoms with Gasteiger partial charge in [0.25, 0.3) is 0 Å². The fraction of sp³-hybridized carbons (Fsp3) is 0.286. The van der Waals surface area contributed by atoms with Crippen molar-refractivity contribution in [1.82, 2.24) is 4.98 Å². The highest BCUT2D eigenvalue weighted by molar-refractivity contribution is 7.07. The van der Waals surface area contributed by atoms with Crippen molar-refractivity contribution in [3.8, 4) is 0 Å². The fourth-order valence-electron chi connectivity index (χ4n) is 0.583. The summed E-state index contributed by atoms with van der Waals surface area (Å²) in [7, 11) is 0. The third kappa shape index (κ3) is 2.29. The predicted molar refractivity (Wildman–Crippen MR) is 42.9 cm³/mol. The number of hydrogen-bond acceptors (Lipinski definition) is 3. The molecule has 10 heavy (non-hydrogen) atoms. The molecule has 0 aromatic carbocycles. The normalized spacial score (nSPS) is 10.9. The van der Waals surface area contributed by atoms with Crippen LogP contribution in [0.25, 0.3) is 6.08 Å². The molecule has 1 heterocycles. The van der Waals surface area contributed by atoms with Crippen LogP contribution >= 0.6 is 11.3 Å². The standard InChI is InChI=1S/C7H9NOS/c9-4-2-1-3-7-5-10-6-8-7/h1,3,5-6,9H,2,4H2. The number of aliphatic hydroxyl groups is 1. The lowest BCUT2D eigenvalue weighted by atomic mass is 10.3. The summed E-state index contributed by atoms with van der Waals surface area (Å²) in [4.78, 5) is 4.04. The average molecular weight is 155 g/mol. The second kappa shape index (κ2) is 4.19. The van der Waals surface area contributed by atoms with E-state index in [0.717, 1.165) is 5.69 Å². The van der Waals surface area contributed by atoms with Crippen molar-refractivity contribution in [2.24, 2.45) is 0 Å². The van der Waals surface area contributed by atoms with Crippen LogP contribution in [0.3, 0.4) is 0 Å². The molecular formula is C7H9NOS. The molecular weight excluding hydrogens is 146 g/mol. The van der Waals surface area contributed by atoms with Crippen molar-refractivity contribution in [3.63, 3.8) is 0 Å². The molecule has 54 valence electrons. The van der Waals surface area contributed by atoms with Gasteiger partial charge in [-0.3, -0.25) is 0 Å². The first-order valence-corrected chi connectivity index (χ1v) is 4.03. The molecule has 0 unspecified atom stereocenters. The second-order valence-electron chi connectivity index (χ2n) is 1.83. The van der Waals surface area contributed by atoms with Gasteiger partial charge in [-0.1, -0.05) is 6.08 Å². The fourth-order valence-corrected chi connectivity index (χ4v) is 1.11. The third-order valence-electron chi connectivity index (χ3n) is 1.04. The Balaban J connectivity index is 2.40. The summed E-state index contributed by atoms with van der Waals surface area (Å²) in [6, 6.07) is 0. The highest BCUT2D eigenvalue weighted by atomic mass is 32.1. The second-order valence-corrected chi connectivity index (χ2v) is 2.55. The van der Waals surface area contributed by atoms with E-state index in [9.17, 15) is 0 Å². The monoisotopic (exact) mass is 155 g/mol. The molecule has 0 spiro atoms. The molecule has 0 aliphatic carbocycles. The van der Waals surface area contributed by atoms with Gasteiger partial charge in [0, 0.05) is 12.0 Å². The Hall–Kier alpha value is -0.670. The maximum Gasteiger partial charge on any atom is 0.0798 e. The van der Waals surface area contributed by atoms with Crippen LogP contribution in [0, 0.1) is 0 Å². The molecule has 0 aliphatic rings. The van der Waals surface area contributed by atoms with Crippen molar-refractivity contribution < 1.29 is 5.11 Å². The summed E-state index contributed by atoms with van der Waals surface area (Å²) in [5.41, 5.74) is 2.76.